The van der Waals surface area contributed by atoms with Crippen LogP contribution in [-0.4, -0.2) is 35.7 Å². The van der Waals surface area contributed by atoms with Crippen molar-refractivity contribution >= 4 is 17.7 Å². The van der Waals surface area contributed by atoms with Gasteiger partial charge in [0.25, 0.3) is 5.91 Å². The Morgan fingerprint density at radius 3 is 1.62 bits per heavy atom. The SMILES string of the molecule is CN[C@H](C(=O)N(C(C)=O)C(C)=O)C(C)(C)C. The molecular formula is C11H20N2O3. The average molecular weight is 228 g/mol. The van der Waals surface area contributed by atoms with Crippen LogP contribution in [0.15, 0.2) is 0 Å². The summed E-state index contributed by atoms with van der Waals surface area (Å²) in [6, 6.07) is -0.569. The van der Waals surface area contributed by atoms with Crippen LogP contribution in [0, 0.1) is 5.41 Å². The molecule has 0 rings (SSSR count). The van der Waals surface area contributed by atoms with Crippen LogP contribution in [0.1, 0.15) is 34.6 Å². The number of carbonyl (C=O) groups excluding carboxylic acids is 3. The van der Waals surface area contributed by atoms with E-state index < -0.39 is 23.8 Å². The molecule has 0 aromatic rings. The second-order valence-corrected chi connectivity index (χ2v) is 4.80. The lowest BCUT2D eigenvalue weighted by molar-refractivity contribution is -0.154. The molecule has 5 heteroatoms. The van der Waals surface area contributed by atoms with Crippen LogP contribution >= 0.6 is 0 Å². The fourth-order valence-corrected chi connectivity index (χ4v) is 1.59. The first-order valence-corrected chi connectivity index (χ1v) is 5.15. The number of hydrogen-bond acceptors (Lipinski definition) is 4. The minimum Gasteiger partial charge on any atom is -0.308 e. The molecule has 0 aliphatic rings. The van der Waals surface area contributed by atoms with Crippen LogP contribution in [0.4, 0.5) is 0 Å². The lowest BCUT2D eigenvalue weighted by Gasteiger charge is -2.31. The molecule has 1 atom stereocenters. The smallest absolute Gasteiger partial charge is 0.253 e. The van der Waals surface area contributed by atoms with Gasteiger partial charge >= 0.3 is 0 Å². The third-order valence-corrected chi connectivity index (χ3v) is 2.25. The molecular weight excluding hydrogens is 208 g/mol. The van der Waals surface area contributed by atoms with E-state index in [4.69, 9.17) is 0 Å². The zero-order valence-electron chi connectivity index (χ0n) is 10.7. The molecule has 0 unspecified atom stereocenters. The number of likely N-dealkylation sites (N-methyl/N-ethyl adjacent to an activating group) is 1. The summed E-state index contributed by atoms with van der Waals surface area (Å²) >= 11 is 0. The minimum atomic E-state index is -0.569. The number of amides is 3. The average Bonchev–Trinajstić information content (AvgIpc) is 1.99. The van der Waals surface area contributed by atoms with E-state index in [1.807, 2.05) is 20.8 Å². The molecule has 0 aliphatic carbocycles. The van der Waals surface area contributed by atoms with E-state index >= 15 is 0 Å². The highest BCUT2D eigenvalue weighted by Gasteiger charge is 2.36. The number of nitrogens with zero attached hydrogens (tertiary/aromatic N) is 1. The maximum atomic E-state index is 12.0. The highest BCUT2D eigenvalue weighted by atomic mass is 16.2. The number of rotatable bonds is 2. The van der Waals surface area contributed by atoms with Gasteiger partial charge in [-0.3, -0.25) is 14.4 Å². The molecule has 1 N–H and O–H groups in total. The van der Waals surface area contributed by atoms with Crippen LogP contribution in [0.5, 0.6) is 0 Å². The van der Waals surface area contributed by atoms with E-state index in [0.717, 1.165) is 0 Å². The number of carbonyl (C=O) groups is 3. The predicted molar refractivity (Wildman–Crippen MR) is 60.5 cm³/mol. The number of hydrogen-bond donors (Lipinski definition) is 1. The van der Waals surface area contributed by atoms with Gasteiger partial charge in [0.1, 0.15) is 0 Å². The lowest BCUT2D eigenvalue weighted by Crippen LogP contribution is -2.54. The van der Waals surface area contributed by atoms with Crippen LogP contribution in [0.2, 0.25) is 0 Å². The summed E-state index contributed by atoms with van der Waals surface area (Å²) in [4.78, 5) is 35.2. The zero-order chi connectivity index (χ0) is 13.1. The highest BCUT2D eigenvalue weighted by Crippen LogP contribution is 2.21. The highest BCUT2D eigenvalue weighted by molar-refractivity contribution is 6.11. The third-order valence-electron chi connectivity index (χ3n) is 2.25. The Hall–Kier alpha value is -1.23. The van der Waals surface area contributed by atoms with Crippen molar-refractivity contribution in [1.82, 2.24) is 10.2 Å². The molecule has 0 aromatic carbocycles. The maximum Gasteiger partial charge on any atom is 0.253 e. The molecule has 92 valence electrons. The van der Waals surface area contributed by atoms with Gasteiger partial charge in [-0.05, 0) is 12.5 Å². The van der Waals surface area contributed by atoms with Gasteiger partial charge in [-0.2, -0.15) is 0 Å². The monoisotopic (exact) mass is 228 g/mol. The molecule has 0 saturated heterocycles. The van der Waals surface area contributed by atoms with Gasteiger partial charge in [0, 0.05) is 13.8 Å². The lowest BCUT2D eigenvalue weighted by atomic mass is 9.86. The summed E-state index contributed by atoms with van der Waals surface area (Å²) in [7, 11) is 1.63. The summed E-state index contributed by atoms with van der Waals surface area (Å²) in [6.07, 6.45) is 0. The van der Waals surface area contributed by atoms with E-state index in [9.17, 15) is 14.4 Å². The van der Waals surface area contributed by atoms with E-state index in [2.05, 4.69) is 5.32 Å². The molecule has 0 heterocycles. The topological polar surface area (TPSA) is 66.5 Å². The van der Waals surface area contributed by atoms with Gasteiger partial charge in [0.05, 0.1) is 6.04 Å². The van der Waals surface area contributed by atoms with Crippen molar-refractivity contribution in [2.45, 2.75) is 40.7 Å². The van der Waals surface area contributed by atoms with Crippen molar-refractivity contribution in [2.75, 3.05) is 7.05 Å². The van der Waals surface area contributed by atoms with Gasteiger partial charge in [0.15, 0.2) is 0 Å². The van der Waals surface area contributed by atoms with Gasteiger partial charge in [-0.15, -0.1) is 0 Å². The molecule has 0 saturated carbocycles. The number of nitrogens with one attached hydrogen (secondary N) is 1. The predicted octanol–water partition coefficient (Wildman–Crippen LogP) is 0.542. The maximum absolute atomic E-state index is 12.0. The molecule has 16 heavy (non-hydrogen) atoms. The Kier molecular flexibility index (Phi) is 4.81. The summed E-state index contributed by atoms with van der Waals surface area (Å²) in [5.41, 5.74) is -0.366. The van der Waals surface area contributed by atoms with Gasteiger partial charge < -0.3 is 5.32 Å². The standard InChI is InChI=1S/C11H20N2O3/c1-7(14)13(8(2)15)10(16)9(12-6)11(3,4)5/h9,12H,1-6H3/t9-/m1/s1. The van der Waals surface area contributed by atoms with Crippen LogP contribution in [0.3, 0.4) is 0 Å². The molecule has 0 aliphatic heterocycles. The Balaban J connectivity index is 5.14. The summed E-state index contributed by atoms with van der Waals surface area (Å²) < 4.78 is 0. The Bertz CT molecular complexity index is 291. The van der Waals surface area contributed by atoms with Crippen molar-refractivity contribution in [3.8, 4) is 0 Å². The van der Waals surface area contributed by atoms with Crippen molar-refractivity contribution in [3.05, 3.63) is 0 Å². The summed E-state index contributed by atoms with van der Waals surface area (Å²) in [5, 5.41) is 2.84. The Labute approximate surface area is 96.2 Å². The molecule has 0 bridgehead atoms. The normalized spacial score (nSPS) is 13.1. The molecule has 5 nitrogen and oxygen atoms in total. The van der Waals surface area contributed by atoms with Crippen molar-refractivity contribution < 1.29 is 14.4 Å². The Morgan fingerprint density at radius 1 is 1.06 bits per heavy atom. The first-order chi connectivity index (χ1) is 7.12. The largest absolute Gasteiger partial charge is 0.308 e. The van der Waals surface area contributed by atoms with E-state index in [1.54, 1.807) is 7.05 Å². The van der Waals surface area contributed by atoms with Gasteiger partial charge in [-0.1, -0.05) is 20.8 Å². The minimum absolute atomic E-state index is 0.366. The van der Waals surface area contributed by atoms with Crippen LogP contribution in [-0.2, 0) is 14.4 Å². The molecule has 0 aromatic heterocycles. The van der Waals surface area contributed by atoms with Gasteiger partial charge in [0.2, 0.25) is 11.8 Å². The van der Waals surface area contributed by atoms with E-state index in [-0.39, 0.29) is 5.41 Å². The molecule has 3 amide bonds. The van der Waals surface area contributed by atoms with Crippen molar-refractivity contribution in [2.24, 2.45) is 5.41 Å². The summed E-state index contributed by atoms with van der Waals surface area (Å²) in [6.45, 7) is 8.00. The van der Waals surface area contributed by atoms with Crippen LogP contribution in [0.25, 0.3) is 0 Å². The van der Waals surface area contributed by atoms with Crippen LogP contribution < -0.4 is 5.32 Å². The Morgan fingerprint density at radius 2 is 1.44 bits per heavy atom. The summed E-state index contributed by atoms with van der Waals surface area (Å²) in [5.74, 6) is -1.61. The first-order valence-electron chi connectivity index (χ1n) is 5.15. The first kappa shape index (κ1) is 14.8. The third kappa shape index (κ3) is 3.41. The second-order valence-electron chi connectivity index (χ2n) is 4.80. The molecule has 0 spiro atoms. The van der Waals surface area contributed by atoms with E-state index in [1.165, 1.54) is 13.8 Å². The fraction of sp³-hybridized carbons (Fsp3) is 0.727. The zero-order valence-corrected chi connectivity index (χ0v) is 10.7. The fourth-order valence-electron chi connectivity index (χ4n) is 1.59. The van der Waals surface area contributed by atoms with Crippen molar-refractivity contribution in [1.29, 1.82) is 0 Å². The second kappa shape index (κ2) is 5.21. The molecule has 0 fully saturated rings. The number of imide groups is 3. The van der Waals surface area contributed by atoms with E-state index in [0.29, 0.717) is 4.90 Å². The van der Waals surface area contributed by atoms with Gasteiger partial charge in [-0.25, -0.2) is 4.90 Å². The quantitative estimate of drug-likeness (QED) is 0.749. The van der Waals surface area contributed by atoms with Crippen molar-refractivity contribution in [3.63, 3.8) is 0 Å². The molecule has 0 radical (unpaired) electrons.